The number of aryl methyl sites for hydroxylation is 2. The number of hydrogen-bond acceptors (Lipinski definition) is 4. The fourth-order valence-corrected chi connectivity index (χ4v) is 4.89. The molecule has 0 unspecified atom stereocenters. The highest BCUT2D eigenvalue weighted by Gasteiger charge is 2.22. The standard InChI is InChI=1S/C24H25ClN2O4S/c1-15-5-12-22(16(2)13-15)27-32(29,30)23-14-19(8-11-21(23)25)24(28)26-17(3)18-6-9-20(31-4)10-7-18/h5-14,17,27H,1-4H3,(H,26,28)/t17-/m0/s1. The van der Waals surface area contributed by atoms with Gasteiger partial charge in [-0.2, -0.15) is 0 Å². The zero-order valence-corrected chi connectivity index (χ0v) is 19.8. The van der Waals surface area contributed by atoms with Crippen LogP contribution in [0.5, 0.6) is 5.75 Å². The zero-order valence-electron chi connectivity index (χ0n) is 18.3. The number of nitrogens with one attached hydrogen (secondary N) is 2. The summed E-state index contributed by atoms with van der Waals surface area (Å²) in [5.74, 6) is 0.309. The summed E-state index contributed by atoms with van der Waals surface area (Å²) >= 11 is 6.18. The molecule has 0 spiro atoms. The van der Waals surface area contributed by atoms with Crippen molar-refractivity contribution in [2.45, 2.75) is 31.7 Å². The highest BCUT2D eigenvalue weighted by molar-refractivity contribution is 7.92. The second kappa shape index (κ2) is 9.63. The maximum atomic E-state index is 13.0. The van der Waals surface area contributed by atoms with Gasteiger partial charge in [-0.15, -0.1) is 0 Å². The van der Waals surface area contributed by atoms with Crippen molar-refractivity contribution in [3.63, 3.8) is 0 Å². The average Bonchev–Trinajstić information content (AvgIpc) is 2.75. The minimum atomic E-state index is -4.00. The lowest BCUT2D eigenvalue weighted by Crippen LogP contribution is -2.27. The fourth-order valence-electron chi connectivity index (χ4n) is 3.23. The van der Waals surface area contributed by atoms with Gasteiger partial charge in [-0.1, -0.05) is 41.4 Å². The van der Waals surface area contributed by atoms with Crippen molar-refractivity contribution in [2.24, 2.45) is 0 Å². The Morgan fingerprint density at radius 1 is 1.00 bits per heavy atom. The van der Waals surface area contributed by atoms with Crippen molar-refractivity contribution >= 4 is 33.2 Å². The van der Waals surface area contributed by atoms with Gasteiger partial charge in [0.1, 0.15) is 10.6 Å². The molecular weight excluding hydrogens is 448 g/mol. The summed E-state index contributed by atoms with van der Waals surface area (Å²) in [5, 5.41) is 2.90. The van der Waals surface area contributed by atoms with Gasteiger partial charge in [-0.05, 0) is 68.3 Å². The lowest BCUT2D eigenvalue weighted by molar-refractivity contribution is 0.0939. The van der Waals surface area contributed by atoms with Crippen molar-refractivity contribution in [3.05, 3.63) is 87.9 Å². The monoisotopic (exact) mass is 472 g/mol. The molecule has 0 heterocycles. The number of hydrogen-bond donors (Lipinski definition) is 2. The summed E-state index contributed by atoms with van der Waals surface area (Å²) in [6.45, 7) is 5.59. The van der Waals surface area contributed by atoms with Gasteiger partial charge in [-0.25, -0.2) is 8.42 Å². The van der Waals surface area contributed by atoms with E-state index in [4.69, 9.17) is 16.3 Å². The second-order valence-electron chi connectivity index (χ2n) is 7.54. The molecule has 0 saturated heterocycles. The van der Waals surface area contributed by atoms with E-state index in [0.717, 1.165) is 22.4 Å². The molecule has 0 aliphatic heterocycles. The van der Waals surface area contributed by atoms with E-state index in [1.807, 2.05) is 57.2 Å². The quantitative estimate of drug-likeness (QED) is 0.491. The Kier molecular flexibility index (Phi) is 7.11. The van der Waals surface area contributed by atoms with Gasteiger partial charge in [0, 0.05) is 5.56 Å². The topological polar surface area (TPSA) is 84.5 Å². The Bertz CT molecular complexity index is 1240. The number of anilines is 1. The molecule has 8 heteroatoms. The molecule has 0 radical (unpaired) electrons. The maximum Gasteiger partial charge on any atom is 0.263 e. The summed E-state index contributed by atoms with van der Waals surface area (Å²) < 4.78 is 33.7. The molecule has 3 aromatic carbocycles. The summed E-state index contributed by atoms with van der Waals surface area (Å²) in [4.78, 5) is 12.6. The van der Waals surface area contributed by atoms with Crippen LogP contribution in [0.1, 0.15) is 40.0 Å². The number of rotatable bonds is 7. The van der Waals surface area contributed by atoms with Crippen LogP contribution in [-0.4, -0.2) is 21.4 Å². The molecule has 1 atom stereocenters. The van der Waals surface area contributed by atoms with Crippen LogP contribution in [0.25, 0.3) is 0 Å². The normalized spacial score (nSPS) is 12.2. The van der Waals surface area contributed by atoms with Crippen molar-refractivity contribution in [3.8, 4) is 5.75 Å². The summed E-state index contributed by atoms with van der Waals surface area (Å²) in [5.41, 5.74) is 3.34. The third kappa shape index (κ3) is 5.41. The number of halogens is 1. The SMILES string of the molecule is COc1ccc([C@H](C)NC(=O)c2ccc(Cl)c(S(=O)(=O)Nc3ccc(C)cc3C)c2)cc1. The van der Waals surface area contributed by atoms with Crippen molar-refractivity contribution in [1.82, 2.24) is 5.32 Å². The van der Waals surface area contributed by atoms with E-state index in [9.17, 15) is 13.2 Å². The van der Waals surface area contributed by atoms with E-state index >= 15 is 0 Å². The number of amides is 1. The van der Waals surface area contributed by atoms with Crippen LogP contribution in [0.15, 0.2) is 65.6 Å². The van der Waals surface area contributed by atoms with Gasteiger partial charge in [-0.3, -0.25) is 9.52 Å². The third-order valence-electron chi connectivity index (χ3n) is 5.07. The van der Waals surface area contributed by atoms with Gasteiger partial charge in [0.05, 0.1) is 23.9 Å². The largest absolute Gasteiger partial charge is 0.497 e. The lowest BCUT2D eigenvalue weighted by Gasteiger charge is -2.16. The van der Waals surface area contributed by atoms with E-state index in [1.165, 1.54) is 18.2 Å². The van der Waals surface area contributed by atoms with Crippen molar-refractivity contribution < 1.29 is 17.9 Å². The Hall–Kier alpha value is -3.03. The van der Waals surface area contributed by atoms with Crippen LogP contribution in [0.3, 0.4) is 0 Å². The summed E-state index contributed by atoms with van der Waals surface area (Å²) in [7, 11) is -2.41. The molecule has 0 aromatic heterocycles. The molecule has 0 aliphatic carbocycles. The van der Waals surface area contributed by atoms with E-state index in [2.05, 4.69) is 10.0 Å². The van der Waals surface area contributed by atoms with E-state index in [0.29, 0.717) is 5.69 Å². The predicted molar refractivity (Wildman–Crippen MR) is 127 cm³/mol. The molecule has 0 aliphatic rings. The number of sulfonamides is 1. The molecule has 0 fully saturated rings. The van der Waals surface area contributed by atoms with Crippen molar-refractivity contribution in [1.29, 1.82) is 0 Å². The first-order valence-corrected chi connectivity index (χ1v) is 11.8. The Morgan fingerprint density at radius 2 is 1.69 bits per heavy atom. The number of benzene rings is 3. The van der Waals surface area contributed by atoms with E-state index in [-0.39, 0.29) is 21.5 Å². The first kappa shape index (κ1) is 23.6. The first-order valence-electron chi connectivity index (χ1n) is 9.95. The molecule has 1 amide bonds. The molecule has 0 saturated carbocycles. The van der Waals surface area contributed by atoms with Crippen LogP contribution in [-0.2, 0) is 10.0 Å². The molecule has 3 aromatic rings. The number of ether oxygens (including phenoxy) is 1. The van der Waals surface area contributed by atoms with Crippen LogP contribution in [0.2, 0.25) is 5.02 Å². The van der Waals surface area contributed by atoms with Crippen LogP contribution >= 0.6 is 11.6 Å². The fraction of sp³-hybridized carbons (Fsp3) is 0.208. The summed E-state index contributed by atoms with van der Waals surface area (Å²) in [6.07, 6.45) is 0. The van der Waals surface area contributed by atoms with Crippen LogP contribution in [0.4, 0.5) is 5.69 Å². The molecular formula is C24H25ClN2O4S. The molecule has 168 valence electrons. The second-order valence-corrected chi connectivity index (χ2v) is 9.60. The molecule has 6 nitrogen and oxygen atoms in total. The molecule has 3 rings (SSSR count). The van der Waals surface area contributed by atoms with Crippen LogP contribution in [0, 0.1) is 13.8 Å². The van der Waals surface area contributed by atoms with Gasteiger partial charge in [0.15, 0.2) is 0 Å². The lowest BCUT2D eigenvalue weighted by atomic mass is 10.1. The zero-order chi connectivity index (χ0) is 23.5. The minimum absolute atomic E-state index is 0.0296. The third-order valence-corrected chi connectivity index (χ3v) is 6.92. The minimum Gasteiger partial charge on any atom is -0.497 e. The smallest absolute Gasteiger partial charge is 0.263 e. The highest BCUT2D eigenvalue weighted by Crippen LogP contribution is 2.27. The summed E-state index contributed by atoms with van der Waals surface area (Å²) in [6, 6.07) is 16.6. The van der Waals surface area contributed by atoms with Gasteiger partial charge >= 0.3 is 0 Å². The predicted octanol–water partition coefficient (Wildman–Crippen LogP) is 5.26. The average molecular weight is 473 g/mol. The first-order chi connectivity index (χ1) is 15.1. The Balaban J connectivity index is 1.82. The highest BCUT2D eigenvalue weighted by atomic mass is 35.5. The number of carbonyl (C=O) groups excluding carboxylic acids is 1. The Morgan fingerprint density at radius 3 is 2.31 bits per heavy atom. The van der Waals surface area contributed by atoms with Crippen molar-refractivity contribution in [2.75, 3.05) is 11.8 Å². The van der Waals surface area contributed by atoms with E-state index in [1.54, 1.807) is 13.2 Å². The maximum absolute atomic E-state index is 13.0. The van der Waals surface area contributed by atoms with Gasteiger partial charge < -0.3 is 10.1 Å². The number of methoxy groups -OCH3 is 1. The van der Waals surface area contributed by atoms with Gasteiger partial charge in [0.2, 0.25) is 0 Å². The number of carbonyl (C=O) groups is 1. The molecule has 32 heavy (non-hydrogen) atoms. The molecule has 2 N–H and O–H groups in total. The van der Waals surface area contributed by atoms with E-state index < -0.39 is 15.9 Å². The van der Waals surface area contributed by atoms with Gasteiger partial charge in [0.25, 0.3) is 15.9 Å². The van der Waals surface area contributed by atoms with Crippen LogP contribution < -0.4 is 14.8 Å². The Labute approximate surface area is 193 Å². The molecule has 0 bridgehead atoms.